The molecule has 1 saturated heterocycles. The van der Waals surface area contributed by atoms with E-state index in [0.717, 1.165) is 16.5 Å². The second-order valence-corrected chi connectivity index (χ2v) is 11.0. The van der Waals surface area contributed by atoms with Crippen molar-refractivity contribution in [3.05, 3.63) is 41.9 Å². The van der Waals surface area contributed by atoms with Crippen LogP contribution in [0.1, 0.15) is 30.5 Å². The van der Waals surface area contributed by atoms with Gasteiger partial charge in [-0.3, -0.25) is 10.4 Å². The zero-order valence-corrected chi connectivity index (χ0v) is 21.3. The van der Waals surface area contributed by atoms with Crippen molar-refractivity contribution >= 4 is 37.8 Å². The molecule has 14 nitrogen and oxygen atoms in total. The number of para-hydroxylation sites is 1. The van der Waals surface area contributed by atoms with Gasteiger partial charge in [0.05, 0.1) is 24.8 Å². The number of nitrogens with two attached hydrogens (primary N) is 1. The van der Waals surface area contributed by atoms with Crippen molar-refractivity contribution in [3.8, 4) is 0 Å². The molecule has 0 aliphatic carbocycles. The first-order valence-corrected chi connectivity index (χ1v) is 13.8. The van der Waals surface area contributed by atoms with Crippen molar-refractivity contribution in [2.24, 2.45) is 10.8 Å². The molecule has 0 radical (unpaired) electrons. The molecule has 3 aromatic rings. The molecule has 3 heterocycles. The third kappa shape index (κ3) is 6.65. The average molecular weight is 534 g/mol. The summed E-state index contributed by atoms with van der Waals surface area (Å²) < 4.78 is 19.6. The van der Waals surface area contributed by atoms with Crippen molar-refractivity contribution in [1.82, 2.24) is 19.5 Å². The summed E-state index contributed by atoms with van der Waals surface area (Å²) in [6, 6.07) is 7.93. The SMILES string of the molecule is [2H]OC[C@H]1O[C@@H](n2cc(C=NCc3nc(NN)nc(NCCC[Si](O)(O)OC)n3)c3ccccc32)CC1O. The highest BCUT2D eigenvalue weighted by atomic mass is 28.4. The first-order chi connectivity index (χ1) is 18.3. The van der Waals surface area contributed by atoms with Crippen LogP contribution < -0.4 is 16.6 Å². The lowest BCUT2D eigenvalue weighted by molar-refractivity contribution is -0.0429. The summed E-state index contributed by atoms with van der Waals surface area (Å²) in [5.74, 6) is 6.32. The van der Waals surface area contributed by atoms with Crippen LogP contribution in [0.2, 0.25) is 6.04 Å². The maximum atomic E-state index is 10.3. The normalized spacial score (nSPS) is 20.6. The third-order valence-corrected chi connectivity index (χ3v) is 7.67. The Morgan fingerprint density at radius 1 is 1.32 bits per heavy atom. The molecule has 3 atom stereocenters. The van der Waals surface area contributed by atoms with Crippen LogP contribution in [0, 0.1) is 0 Å². The summed E-state index contributed by atoms with van der Waals surface area (Å²) in [5.41, 5.74) is 4.18. The highest BCUT2D eigenvalue weighted by Crippen LogP contribution is 2.33. The Morgan fingerprint density at radius 3 is 2.92 bits per heavy atom. The lowest BCUT2D eigenvalue weighted by atomic mass is 10.2. The monoisotopic (exact) mass is 533 g/mol. The number of aliphatic hydroxyl groups is 2. The fourth-order valence-electron chi connectivity index (χ4n) is 4.09. The number of fused-ring (bicyclic) bond motifs is 1. The molecule has 1 unspecified atom stereocenters. The third-order valence-electron chi connectivity index (χ3n) is 6.01. The van der Waals surface area contributed by atoms with Gasteiger partial charge in [-0.1, -0.05) is 18.2 Å². The van der Waals surface area contributed by atoms with E-state index in [1.807, 2.05) is 35.0 Å². The standard InChI is InChI=1S/C22H32N8O6Si/c1-35-37(33,34)8-4-7-25-21-26-19(27-22(28-21)29-23)11-24-10-14-12-30(16-6-3-2-5-15(14)16)20-9-17(32)18(13-31)36-20/h2-3,5-6,10,12,17-18,20,31-34H,4,7-9,11,13,23H2,1H3,(H2,25,26,27,28,29)/t17?,18-,20-/m1/s1/i31D. The number of ether oxygens (including phenoxy) is 1. The highest BCUT2D eigenvalue weighted by molar-refractivity contribution is 6.57. The summed E-state index contributed by atoms with van der Waals surface area (Å²) in [7, 11) is -2.34. The van der Waals surface area contributed by atoms with Crippen LogP contribution in [0.4, 0.5) is 11.9 Å². The number of aliphatic hydroxyl groups excluding tert-OH is 2. The van der Waals surface area contributed by atoms with E-state index in [9.17, 15) is 14.7 Å². The number of aliphatic imine (C=N–C) groups is 1. The van der Waals surface area contributed by atoms with Crippen LogP contribution in [0.15, 0.2) is 35.5 Å². The molecule has 1 aliphatic rings. The van der Waals surface area contributed by atoms with Gasteiger partial charge in [0.2, 0.25) is 13.3 Å². The Labute approximate surface area is 215 Å². The molecular formula is C22H32N8O6Si. The first kappa shape index (κ1) is 25.6. The summed E-state index contributed by atoms with van der Waals surface area (Å²) in [6.07, 6.45) is 2.76. The Kier molecular flexibility index (Phi) is 8.32. The number of aromatic nitrogens is 4. The van der Waals surface area contributed by atoms with Gasteiger partial charge in [-0.25, -0.2) is 5.84 Å². The molecule has 1 fully saturated rings. The molecule has 0 saturated carbocycles. The van der Waals surface area contributed by atoms with Crippen LogP contribution in [0.5, 0.6) is 0 Å². The van der Waals surface area contributed by atoms with E-state index in [-0.39, 0.29) is 31.1 Å². The highest BCUT2D eigenvalue weighted by Gasteiger charge is 2.35. The quantitative estimate of drug-likeness (QED) is 0.0499. The van der Waals surface area contributed by atoms with Crippen molar-refractivity contribution < 1.29 is 29.0 Å². The van der Waals surface area contributed by atoms with Crippen LogP contribution in [0.25, 0.3) is 10.9 Å². The number of nitrogens with zero attached hydrogens (tertiary/aromatic N) is 5. The van der Waals surface area contributed by atoms with Gasteiger partial charge in [0.15, 0.2) is 5.82 Å². The Hall–Kier alpha value is -3.02. The summed E-state index contributed by atoms with van der Waals surface area (Å²) in [6.45, 7) is 0.536. The maximum Gasteiger partial charge on any atom is 0.495 e. The minimum atomic E-state index is -3.61. The number of hydrazine groups is 1. The number of benzene rings is 1. The van der Waals surface area contributed by atoms with E-state index in [0.29, 0.717) is 25.2 Å². The Bertz CT molecular complexity index is 1250. The van der Waals surface area contributed by atoms with E-state index in [2.05, 4.69) is 35.8 Å². The molecule has 200 valence electrons. The van der Waals surface area contributed by atoms with Crippen LogP contribution in [-0.4, -0.2) is 88.2 Å². The largest absolute Gasteiger partial charge is 0.495 e. The predicted octanol–water partition coefficient (Wildman–Crippen LogP) is -0.256. The van der Waals surface area contributed by atoms with Crippen molar-refractivity contribution in [1.29, 1.82) is 1.43 Å². The maximum absolute atomic E-state index is 10.3. The topological polar surface area (TPSA) is 205 Å². The molecule has 8 N–H and O–H groups in total. The van der Waals surface area contributed by atoms with Crippen molar-refractivity contribution in [2.45, 2.75) is 43.9 Å². The zero-order valence-electron chi connectivity index (χ0n) is 21.3. The molecule has 37 heavy (non-hydrogen) atoms. The average Bonchev–Trinajstić information content (AvgIpc) is 3.47. The molecule has 0 amide bonds. The van der Waals surface area contributed by atoms with E-state index in [1.165, 1.54) is 7.11 Å². The smallest absolute Gasteiger partial charge is 0.394 e. The number of hydrogen-bond acceptors (Lipinski definition) is 13. The molecule has 4 rings (SSSR count). The Morgan fingerprint density at radius 2 is 2.14 bits per heavy atom. The minimum absolute atomic E-state index is 0.00780. The molecule has 0 spiro atoms. The second kappa shape index (κ2) is 12.0. The van der Waals surface area contributed by atoms with Gasteiger partial charge in [-0.15, -0.1) is 0 Å². The number of rotatable bonds is 13. The van der Waals surface area contributed by atoms with Gasteiger partial charge in [0.1, 0.15) is 12.3 Å². The Balaban J connectivity index is 1.46. The molecule has 0 bridgehead atoms. The summed E-state index contributed by atoms with van der Waals surface area (Å²) in [4.78, 5) is 36.6. The number of nitrogens with one attached hydrogen (secondary N) is 2. The van der Waals surface area contributed by atoms with Gasteiger partial charge in [0.25, 0.3) is 0 Å². The molecule has 15 heteroatoms. The minimum Gasteiger partial charge on any atom is -0.394 e. The summed E-state index contributed by atoms with van der Waals surface area (Å²) >= 11 is 0. The number of nitrogen functional groups attached to an aromatic ring is 1. The molecule has 2 aromatic heterocycles. The van der Waals surface area contributed by atoms with Crippen LogP contribution in [-0.2, 0) is 15.7 Å². The molecule has 1 aliphatic heterocycles. The van der Waals surface area contributed by atoms with Crippen molar-refractivity contribution in [3.63, 3.8) is 0 Å². The summed E-state index contributed by atoms with van der Waals surface area (Å²) in [5, 5.41) is 18.7. The van der Waals surface area contributed by atoms with E-state index < -0.39 is 27.2 Å². The van der Waals surface area contributed by atoms with E-state index in [1.54, 1.807) is 6.21 Å². The lowest BCUT2D eigenvalue weighted by Gasteiger charge is -2.14. The van der Waals surface area contributed by atoms with Gasteiger partial charge in [0, 0.05) is 49.5 Å². The predicted molar refractivity (Wildman–Crippen MR) is 138 cm³/mol. The van der Waals surface area contributed by atoms with Crippen LogP contribution in [0.3, 0.4) is 0 Å². The van der Waals surface area contributed by atoms with E-state index in [4.69, 9.17) is 16.4 Å². The second-order valence-electron chi connectivity index (χ2n) is 8.60. The number of anilines is 2. The van der Waals surface area contributed by atoms with Gasteiger partial charge in [-0.2, -0.15) is 15.0 Å². The van der Waals surface area contributed by atoms with Crippen molar-refractivity contribution in [2.75, 3.05) is 31.0 Å². The molecular weight excluding hydrogens is 500 g/mol. The zero-order chi connectivity index (χ0) is 27.1. The molecule has 1 aromatic carbocycles. The first-order valence-electron chi connectivity index (χ1n) is 12.2. The fourth-order valence-corrected chi connectivity index (χ4v) is 4.93. The number of hydrogen-bond donors (Lipinski definition) is 7. The fraction of sp³-hybridized carbons (Fsp3) is 0.455. The van der Waals surface area contributed by atoms with Crippen LogP contribution >= 0.6 is 0 Å². The van der Waals surface area contributed by atoms with Gasteiger partial charge in [-0.05, 0) is 12.5 Å². The van der Waals surface area contributed by atoms with Gasteiger partial charge >= 0.3 is 8.80 Å². The van der Waals surface area contributed by atoms with Gasteiger partial charge < -0.3 is 38.9 Å². The van der Waals surface area contributed by atoms with E-state index >= 15 is 0 Å². The lowest BCUT2D eigenvalue weighted by Crippen LogP contribution is -2.37.